The van der Waals surface area contributed by atoms with E-state index in [0.29, 0.717) is 6.10 Å². The molecule has 0 spiro atoms. The minimum atomic E-state index is 0.209. The SMILES string of the molecule is CC(C)OCCCN1CC(C)(C)NC(C)(C)C1. The van der Waals surface area contributed by atoms with Crippen LogP contribution >= 0.6 is 0 Å². The molecule has 1 rings (SSSR count). The summed E-state index contributed by atoms with van der Waals surface area (Å²) < 4.78 is 5.59. The third-order valence-electron chi connectivity index (χ3n) is 2.98. The highest BCUT2D eigenvalue weighted by Crippen LogP contribution is 2.20. The summed E-state index contributed by atoms with van der Waals surface area (Å²) in [5.74, 6) is 0. The second kappa shape index (κ2) is 5.68. The van der Waals surface area contributed by atoms with E-state index in [1.165, 1.54) is 0 Å². The smallest absolute Gasteiger partial charge is 0.0518 e. The molecule has 1 saturated heterocycles. The lowest BCUT2D eigenvalue weighted by atomic mass is 9.91. The molecule has 1 heterocycles. The van der Waals surface area contributed by atoms with E-state index in [-0.39, 0.29) is 11.1 Å². The molecule has 0 aromatic rings. The summed E-state index contributed by atoms with van der Waals surface area (Å²) >= 11 is 0. The highest BCUT2D eigenvalue weighted by Gasteiger charge is 2.35. The first-order valence-electron chi connectivity index (χ1n) is 6.83. The molecule has 1 aliphatic rings. The van der Waals surface area contributed by atoms with Gasteiger partial charge in [-0.25, -0.2) is 0 Å². The molecule has 17 heavy (non-hydrogen) atoms. The van der Waals surface area contributed by atoms with Crippen molar-refractivity contribution in [1.29, 1.82) is 0 Å². The van der Waals surface area contributed by atoms with E-state index in [4.69, 9.17) is 4.74 Å². The van der Waals surface area contributed by atoms with Gasteiger partial charge in [0.15, 0.2) is 0 Å². The van der Waals surface area contributed by atoms with Crippen molar-refractivity contribution in [2.24, 2.45) is 0 Å². The van der Waals surface area contributed by atoms with Gasteiger partial charge in [0.05, 0.1) is 6.10 Å². The molecule has 1 aliphatic heterocycles. The molecule has 3 nitrogen and oxygen atoms in total. The lowest BCUT2D eigenvalue weighted by Crippen LogP contribution is -2.66. The van der Waals surface area contributed by atoms with Crippen molar-refractivity contribution in [3.05, 3.63) is 0 Å². The molecule has 0 unspecified atom stereocenters. The Balaban J connectivity index is 2.33. The minimum Gasteiger partial charge on any atom is -0.379 e. The number of ether oxygens (including phenoxy) is 1. The number of nitrogens with one attached hydrogen (secondary N) is 1. The van der Waals surface area contributed by atoms with Crippen molar-refractivity contribution in [3.8, 4) is 0 Å². The van der Waals surface area contributed by atoms with Crippen LogP contribution in [0.5, 0.6) is 0 Å². The lowest BCUT2D eigenvalue weighted by molar-refractivity contribution is 0.0478. The van der Waals surface area contributed by atoms with Crippen LogP contribution in [0.2, 0.25) is 0 Å². The maximum Gasteiger partial charge on any atom is 0.0518 e. The third-order valence-corrected chi connectivity index (χ3v) is 2.98. The Morgan fingerprint density at radius 1 is 1.12 bits per heavy atom. The van der Waals surface area contributed by atoms with E-state index >= 15 is 0 Å². The average molecular weight is 242 g/mol. The van der Waals surface area contributed by atoms with Crippen LogP contribution in [-0.2, 0) is 4.74 Å². The number of piperazine rings is 1. The van der Waals surface area contributed by atoms with Crippen LogP contribution in [-0.4, -0.2) is 48.3 Å². The molecule has 0 atom stereocenters. The molecule has 0 saturated carbocycles. The predicted molar refractivity (Wildman–Crippen MR) is 73.4 cm³/mol. The largest absolute Gasteiger partial charge is 0.379 e. The molecular weight excluding hydrogens is 212 g/mol. The molecule has 1 N–H and O–H groups in total. The highest BCUT2D eigenvalue weighted by atomic mass is 16.5. The average Bonchev–Trinajstić information content (AvgIpc) is 2.06. The summed E-state index contributed by atoms with van der Waals surface area (Å²) in [7, 11) is 0. The van der Waals surface area contributed by atoms with Gasteiger partial charge in [0.2, 0.25) is 0 Å². The monoisotopic (exact) mass is 242 g/mol. The minimum absolute atomic E-state index is 0.209. The van der Waals surface area contributed by atoms with Crippen LogP contribution < -0.4 is 5.32 Å². The Morgan fingerprint density at radius 2 is 1.65 bits per heavy atom. The van der Waals surface area contributed by atoms with Crippen LogP contribution in [0.1, 0.15) is 48.0 Å². The summed E-state index contributed by atoms with van der Waals surface area (Å²) in [5.41, 5.74) is 0.418. The van der Waals surface area contributed by atoms with Gasteiger partial charge in [-0.3, -0.25) is 4.90 Å². The molecule has 102 valence electrons. The van der Waals surface area contributed by atoms with Gasteiger partial charge in [-0.05, 0) is 48.0 Å². The van der Waals surface area contributed by atoms with Crippen molar-refractivity contribution < 1.29 is 4.74 Å². The summed E-state index contributed by atoms with van der Waals surface area (Å²) in [6.45, 7) is 17.6. The molecule has 0 aromatic carbocycles. The zero-order chi connectivity index (χ0) is 13.1. The third kappa shape index (κ3) is 5.84. The van der Waals surface area contributed by atoms with Gasteiger partial charge >= 0.3 is 0 Å². The topological polar surface area (TPSA) is 24.5 Å². The van der Waals surface area contributed by atoms with Gasteiger partial charge in [-0.15, -0.1) is 0 Å². The molecule has 0 bridgehead atoms. The van der Waals surface area contributed by atoms with Crippen molar-refractivity contribution >= 4 is 0 Å². The Hall–Kier alpha value is -0.120. The maximum absolute atomic E-state index is 5.59. The number of hydrogen-bond acceptors (Lipinski definition) is 3. The maximum atomic E-state index is 5.59. The Labute approximate surface area is 107 Å². The Bertz CT molecular complexity index is 220. The second-order valence-electron chi connectivity index (χ2n) is 6.88. The van der Waals surface area contributed by atoms with Crippen LogP contribution in [0.4, 0.5) is 0 Å². The van der Waals surface area contributed by atoms with Gasteiger partial charge in [-0.1, -0.05) is 0 Å². The summed E-state index contributed by atoms with van der Waals surface area (Å²) in [4.78, 5) is 2.56. The standard InChI is InChI=1S/C14H30N2O/c1-12(2)17-9-7-8-16-10-13(3,4)15-14(5,6)11-16/h12,15H,7-11H2,1-6H3. The van der Waals surface area contributed by atoms with Crippen molar-refractivity contribution in [2.75, 3.05) is 26.2 Å². The van der Waals surface area contributed by atoms with Crippen LogP contribution in [0.15, 0.2) is 0 Å². The first-order chi connectivity index (χ1) is 7.70. The summed E-state index contributed by atoms with van der Waals surface area (Å²) in [5, 5.41) is 3.70. The molecule has 0 amide bonds. The van der Waals surface area contributed by atoms with E-state index < -0.39 is 0 Å². The van der Waals surface area contributed by atoms with Crippen LogP contribution in [0.25, 0.3) is 0 Å². The molecule has 0 aromatic heterocycles. The molecule has 0 radical (unpaired) electrons. The fourth-order valence-corrected chi connectivity index (χ4v) is 2.93. The normalized spacial score (nSPS) is 24.2. The van der Waals surface area contributed by atoms with Gasteiger partial charge in [-0.2, -0.15) is 0 Å². The van der Waals surface area contributed by atoms with Crippen molar-refractivity contribution in [3.63, 3.8) is 0 Å². The van der Waals surface area contributed by atoms with Crippen molar-refractivity contribution in [1.82, 2.24) is 10.2 Å². The molecule has 0 aliphatic carbocycles. The van der Waals surface area contributed by atoms with E-state index in [1.54, 1.807) is 0 Å². The summed E-state index contributed by atoms with van der Waals surface area (Å²) in [6, 6.07) is 0. The molecule has 1 fully saturated rings. The number of nitrogens with zero attached hydrogens (tertiary/aromatic N) is 1. The Morgan fingerprint density at radius 3 is 2.12 bits per heavy atom. The van der Waals surface area contributed by atoms with Gasteiger partial charge in [0.1, 0.15) is 0 Å². The van der Waals surface area contributed by atoms with Crippen LogP contribution in [0.3, 0.4) is 0 Å². The lowest BCUT2D eigenvalue weighted by Gasteiger charge is -2.48. The van der Waals surface area contributed by atoms with E-state index in [1.807, 2.05) is 0 Å². The van der Waals surface area contributed by atoms with E-state index in [2.05, 4.69) is 51.8 Å². The van der Waals surface area contributed by atoms with E-state index in [0.717, 1.165) is 32.7 Å². The molecule has 3 heteroatoms. The highest BCUT2D eigenvalue weighted by molar-refractivity contribution is 4.97. The number of rotatable bonds is 5. The van der Waals surface area contributed by atoms with Crippen LogP contribution in [0, 0.1) is 0 Å². The number of hydrogen-bond donors (Lipinski definition) is 1. The Kier molecular flexibility index (Phi) is 4.99. The fourth-order valence-electron chi connectivity index (χ4n) is 2.93. The second-order valence-corrected chi connectivity index (χ2v) is 6.88. The van der Waals surface area contributed by atoms with Gasteiger partial charge < -0.3 is 10.1 Å². The first kappa shape index (κ1) is 14.9. The first-order valence-corrected chi connectivity index (χ1v) is 6.83. The zero-order valence-electron chi connectivity index (χ0n) is 12.5. The van der Waals surface area contributed by atoms with Gasteiger partial charge in [0.25, 0.3) is 0 Å². The quantitative estimate of drug-likeness (QED) is 0.749. The fraction of sp³-hybridized carbons (Fsp3) is 1.00. The summed E-state index contributed by atoms with van der Waals surface area (Å²) in [6.07, 6.45) is 1.48. The van der Waals surface area contributed by atoms with Gasteiger partial charge in [0, 0.05) is 37.3 Å². The predicted octanol–water partition coefficient (Wildman–Crippen LogP) is 2.26. The van der Waals surface area contributed by atoms with E-state index in [9.17, 15) is 0 Å². The zero-order valence-corrected chi connectivity index (χ0v) is 12.5. The molecular formula is C14H30N2O. The van der Waals surface area contributed by atoms with Crippen molar-refractivity contribution in [2.45, 2.75) is 65.1 Å².